The molecule has 2 heterocycles. The Balaban J connectivity index is 1.68. The molecule has 0 aliphatic heterocycles. The van der Waals surface area contributed by atoms with E-state index in [1.54, 1.807) is 0 Å². The quantitative estimate of drug-likeness (QED) is 0.677. The molecule has 8 heteroatoms. The van der Waals surface area contributed by atoms with Crippen LogP contribution in [0.25, 0.3) is 22.6 Å². The Hall–Kier alpha value is -1.54. The van der Waals surface area contributed by atoms with E-state index in [0.29, 0.717) is 5.82 Å². The van der Waals surface area contributed by atoms with Gasteiger partial charge in [-0.15, -0.1) is 3.89 Å². The summed E-state index contributed by atoms with van der Waals surface area (Å²) in [6.45, 7) is 0. The molecule has 2 unspecified atom stereocenters. The third kappa shape index (κ3) is 2.12. The van der Waals surface area contributed by atoms with Crippen molar-refractivity contribution in [3.8, 4) is 11.5 Å². The number of nitrogens with one attached hydrogen (secondary N) is 2. The van der Waals surface area contributed by atoms with Gasteiger partial charge in [0, 0.05) is 22.8 Å². The number of hydrogen-bond donors (Lipinski definition) is 2. The summed E-state index contributed by atoms with van der Waals surface area (Å²) in [7, 11) is 1.88. The first-order chi connectivity index (χ1) is 11.7. The number of aromatic amines is 1. The molecule has 124 valence electrons. The minimum Gasteiger partial charge on any atom is -0.388 e. The summed E-state index contributed by atoms with van der Waals surface area (Å²) in [5.41, 5.74) is 5.75. The monoisotopic (exact) mass is 407 g/mol. The second kappa shape index (κ2) is 5.23. The summed E-state index contributed by atoms with van der Waals surface area (Å²) in [5.74, 6) is 2.17. The van der Waals surface area contributed by atoms with Crippen LogP contribution < -0.4 is 5.32 Å². The Labute approximate surface area is 151 Å². The van der Waals surface area contributed by atoms with E-state index in [4.69, 9.17) is 4.98 Å². The maximum Gasteiger partial charge on any atom is 0.187 e. The number of aromatic nitrogens is 4. The Bertz CT molecular complexity index is 965. The number of rotatable bonds is 3. The van der Waals surface area contributed by atoms with Crippen LogP contribution in [0.3, 0.4) is 0 Å². The first kappa shape index (κ1) is 14.8. The van der Waals surface area contributed by atoms with Gasteiger partial charge >= 0.3 is 0 Å². The van der Waals surface area contributed by atoms with Crippen molar-refractivity contribution in [2.45, 2.75) is 19.3 Å². The zero-order valence-electron chi connectivity index (χ0n) is 12.9. The van der Waals surface area contributed by atoms with Crippen LogP contribution in [0.4, 0.5) is 9.57 Å². The van der Waals surface area contributed by atoms with Gasteiger partial charge in [-0.3, -0.25) is 0 Å². The molecule has 2 aliphatic carbocycles. The molecule has 0 amide bonds. The van der Waals surface area contributed by atoms with E-state index in [0.717, 1.165) is 62.8 Å². The SMILES string of the molecule is CNc1cc(Br)c2nc(-c3nn(SF)c4c3CC3CC3C4)[nH]c2c1. The van der Waals surface area contributed by atoms with E-state index in [-0.39, 0.29) is 12.3 Å². The van der Waals surface area contributed by atoms with E-state index in [1.165, 1.54) is 10.5 Å². The van der Waals surface area contributed by atoms with Gasteiger partial charge in [-0.05, 0) is 59.2 Å². The molecule has 0 spiro atoms. The Kier molecular flexibility index (Phi) is 3.22. The van der Waals surface area contributed by atoms with Crippen molar-refractivity contribution in [3.05, 3.63) is 27.9 Å². The highest BCUT2D eigenvalue weighted by Gasteiger charge is 2.44. The molecule has 2 atom stereocenters. The first-order valence-corrected chi connectivity index (χ1v) is 9.42. The summed E-state index contributed by atoms with van der Waals surface area (Å²) >= 11 is 3.75. The van der Waals surface area contributed by atoms with E-state index < -0.39 is 0 Å². The molecule has 2 aliphatic rings. The fourth-order valence-corrected chi connectivity index (χ4v) is 4.71. The number of halogens is 2. The zero-order chi connectivity index (χ0) is 16.4. The van der Waals surface area contributed by atoms with Gasteiger partial charge in [0.05, 0.1) is 11.2 Å². The van der Waals surface area contributed by atoms with Crippen molar-refractivity contribution >= 4 is 45.0 Å². The molecular weight excluding hydrogens is 393 g/mol. The molecule has 0 bridgehead atoms. The lowest BCUT2D eigenvalue weighted by Crippen LogP contribution is -2.07. The molecule has 2 aromatic heterocycles. The fraction of sp³-hybridized carbons (Fsp3) is 0.375. The Morgan fingerprint density at radius 2 is 2.21 bits per heavy atom. The lowest BCUT2D eigenvalue weighted by molar-refractivity contribution is 0.632. The molecule has 5 nitrogen and oxygen atoms in total. The predicted octanol–water partition coefficient (Wildman–Crippen LogP) is 4.35. The summed E-state index contributed by atoms with van der Waals surface area (Å²) in [4.78, 5) is 8.07. The van der Waals surface area contributed by atoms with Crippen LogP contribution >= 0.6 is 28.3 Å². The van der Waals surface area contributed by atoms with E-state index in [9.17, 15) is 3.89 Å². The number of nitrogens with zero attached hydrogens (tertiary/aromatic N) is 3. The molecule has 24 heavy (non-hydrogen) atoms. The van der Waals surface area contributed by atoms with E-state index >= 15 is 0 Å². The van der Waals surface area contributed by atoms with Gasteiger partial charge in [-0.2, -0.15) is 9.19 Å². The maximum absolute atomic E-state index is 13.3. The van der Waals surface area contributed by atoms with Gasteiger partial charge < -0.3 is 10.3 Å². The molecule has 1 aromatic carbocycles. The number of hydrogen-bond acceptors (Lipinski definition) is 4. The highest BCUT2D eigenvalue weighted by Crippen LogP contribution is 2.50. The van der Waals surface area contributed by atoms with Gasteiger partial charge in [-0.1, -0.05) is 0 Å². The van der Waals surface area contributed by atoms with Crippen LogP contribution in [0.15, 0.2) is 16.6 Å². The summed E-state index contributed by atoms with van der Waals surface area (Å²) < 4.78 is 15.7. The third-order valence-electron chi connectivity index (χ3n) is 5.17. The van der Waals surface area contributed by atoms with Crippen molar-refractivity contribution in [3.63, 3.8) is 0 Å². The Morgan fingerprint density at radius 1 is 1.38 bits per heavy atom. The lowest BCUT2D eigenvalue weighted by Gasteiger charge is -2.11. The molecule has 1 fully saturated rings. The molecule has 5 rings (SSSR count). The fourth-order valence-electron chi connectivity index (χ4n) is 3.78. The van der Waals surface area contributed by atoms with Gasteiger partial charge in [-0.25, -0.2) is 4.98 Å². The maximum atomic E-state index is 13.3. The van der Waals surface area contributed by atoms with Gasteiger partial charge in [0.25, 0.3) is 0 Å². The van der Waals surface area contributed by atoms with Gasteiger partial charge in [0.15, 0.2) is 18.2 Å². The number of anilines is 1. The second-order valence-corrected chi connectivity index (χ2v) is 7.91. The predicted molar refractivity (Wildman–Crippen MR) is 97.7 cm³/mol. The average molecular weight is 408 g/mol. The van der Waals surface area contributed by atoms with Crippen molar-refractivity contribution in [2.75, 3.05) is 12.4 Å². The van der Waals surface area contributed by atoms with Crippen LogP contribution in [0, 0.1) is 11.8 Å². The molecule has 0 radical (unpaired) electrons. The van der Waals surface area contributed by atoms with E-state index in [1.807, 2.05) is 19.2 Å². The van der Waals surface area contributed by atoms with Crippen LogP contribution in [0.1, 0.15) is 17.7 Å². The smallest absolute Gasteiger partial charge is 0.187 e. The standard InChI is InChI=1S/C16H15BrFN5S/c1-19-9-5-11(17)15-12(6-9)20-16(21-15)14-10-3-7-2-8(7)4-13(10)23(22-14)24-18/h5-8,19H,2-4H2,1H3,(H,20,21). The third-order valence-corrected chi connectivity index (χ3v) is 6.20. The zero-order valence-corrected chi connectivity index (χ0v) is 15.3. The van der Waals surface area contributed by atoms with Crippen LogP contribution in [0.2, 0.25) is 0 Å². The minimum atomic E-state index is 0.180. The largest absolute Gasteiger partial charge is 0.388 e. The highest BCUT2D eigenvalue weighted by atomic mass is 79.9. The van der Waals surface area contributed by atoms with Crippen LogP contribution in [-0.4, -0.2) is 26.2 Å². The van der Waals surface area contributed by atoms with Crippen molar-refractivity contribution in [2.24, 2.45) is 11.8 Å². The highest BCUT2D eigenvalue weighted by molar-refractivity contribution is 9.10. The molecule has 0 saturated heterocycles. The number of benzene rings is 1. The number of imidazole rings is 1. The summed E-state index contributed by atoms with van der Waals surface area (Å²) in [6, 6.07) is 4.01. The molecule has 3 aromatic rings. The Morgan fingerprint density at radius 3 is 3.00 bits per heavy atom. The summed E-state index contributed by atoms with van der Waals surface area (Å²) in [6.07, 6.45) is 3.16. The second-order valence-electron chi connectivity index (χ2n) is 6.57. The average Bonchev–Trinajstić information content (AvgIpc) is 3.06. The van der Waals surface area contributed by atoms with Crippen LogP contribution in [-0.2, 0) is 12.8 Å². The van der Waals surface area contributed by atoms with E-state index in [2.05, 4.69) is 31.3 Å². The van der Waals surface area contributed by atoms with Gasteiger partial charge in [0.1, 0.15) is 11.2 Å². The molecular formula is C16H15BrFN5S. The number of H-pyrrole nitrogens is 1. The first-order valence-electron chi connectivity index (χ1n) is 7.95. The minimum absolute atomic E-state index is 0.180. The van der Waals surface area contributed by atoms with Crippen molar-refractivity contribution in [1.82, 2.24) is 19.2 Å². The van der Waals surface area contributed by atoms with Crippen molar-refractivity contribution < 1.29 is 3.89 Å². The van der Waals surface area contributed by atoms with Crippen molar-refractivity contribution in [1.29, 1.82) is 0 Å². The molecule has 1 saturated carbocycles. The van der Waals surface area contributed by atoms with Crippen LogP contribution in [0.5, 0.6) is 0 Å². The summed E-state index contributed by atoms with van der Waals surface area (Å²) in [5, 5.41) is 7.62. The topological polar surface area (TPSA) is 58.5 Å². The van der Waals surface area contributed by atoms with Gasteiger partial charge in [0.2, 0.25) is 0 Å². The normalized spacial score (nSPS) is 21.6. The lowest BCUT2D eigenvalue weighted by atomic mass is 9.96. The number of fused-ring (bicyclic) bond motifs is 3. The molecule has 2 N–H and O–H groups in total.